The molecule has 0 fully saturated rings. The van der Waals surface area contributed by atoms with Gasteiger partial charge in [-0.2, -0.15) is 5.10 Å². The molecule has 4 heterocycles. The van der Waals surface area contributed by atoms with Crippen LogP contribution < -0.4 is 5.32 Å². The number of anilines is 1. The Kier molecular flexibility index (Phi) is 6.83. The zero-order chi connectivity index (χ0) is 26.2. The number of hydrogen-bond acceptors (Lipinski definition) is 5. The van der Waals surface area contributed by atoms with Crippen LogP contribution in [-0.2, 0) is 18.0 Å². The van der Waals surface area contributed by atoms with E-state index in [1.807, 2.05) is 72.0 Å². The summed E-state index contributed by atoms with van der Waals surface area (Å²) in [6, 6.07) is 16.9. The van der Waals surface area contributed by atoms with Crippen molar-refractivity contribution >= 4 is 30.8 Å². The maximum absolute atomic E-state index is 13.1. The summed E-state index contributed by atoms with van der Waals surface area (Å²) in [5, 5.41) is 7.98. The first-order valence-electron chi connectivity index (χ1n) is 12.7. The number of rotatable bonds is 8. The van der Waals surface area contributed by atoms with Gasteiger partial charge in [0.25, 0.3) is 0 Å². The van der Waals surface area contributed by atoms with Crippen LogP contribution in [0.5, 0.6) is 0 Å². The van der Waals surface area contributed by atoms with Gasteiger partial charge in [-0.3, -0.25) is 4.98 Å². The van der Waals surface area contributed by atoms with Crippen molar-refractivity contribution in [3.8, 4) is 11.3 Å². The number of carbonyl (C=O) groups excluding carboxylic acids is 1. The molecule has 3 aromatic heterocycles. The van der Waals surface area contributed by atoms with Gasteiger partial charge in [0.1, 0.15) is 17.9 Å². The van der Waals surface area contributed by atoms with Crippen LogP contribution in [0, 0.1) is 6.92 Å². The highest BCUT2D eigenvalue weighted by atomic mass is 28.3. The molecule has 4 aromatic rings. The Morgan fingerprint density at radius 2 is 1.92 bits per heavy atom. The van der Waals surface area contributed by atoms with Gasteiger partial charge < -0.3 is 15.0 Å². The molecule has 192 valence electrons. The van der Waals surface area contributed by atoms with E-state index in [4.69, 9.17) is 14.8 Å². The van der Waals surface area contributed by atoms with Crippen LogP contribution in [0.25, 0.3) is 22.3 Å². The fourth-order valence-electron chi connectivity index (χ4n) is 4.52. The summed E-state index contributed by atoms with van der Waals surface area (Å²) in [6.45, 7) is 12.5. The Bertz CT molecular complexity index is 1430. The number of fused-ring (bicyclic) bond motifs is 2. The second-order valence-corrected chi connectivity index (χ2v) is 16.5. The van der Waals surface area contributed by atoms with Gasteiger partial charge in [0.05, 0.1) is 29.5 Å². The van der Waals surface area contributed by atoms with Crippen LogP contribution >= 0.6 is 0 Å². The molecule has 0 bridgehead atoms. The highest BCUT2D eigenvalue weighted by Crippen LogP contribution is 2.34. The number of carbonyl (C=O) groups is 1. The molecule has 1 aliphatic rings. The van der Waals surface area contributed by atoms with Gasteiger partial charge in [0.2, 0.25) is 0 Å². The standard InChI is InChI=1S/C28H34N6O2Si/c1-19-15-22(11-12-29-19)26-27-25(34(32-26)18-36-13-14-37(3,4)5)16-23-24(30-27)17-33(28(35)31-23)20(2)21-9-7-6-8-10-21/h6-12,15-16,20H,13-14,17-18H2,1-5H3,(H,31,35). The molecule has 2 amide bonds. The lowest BCUT2D eigenvalue weighted by molar-refractivity contribution is 0.0818. The van der Waals surface area contributed by atoms with E-state index in [-0.39, 0.29) is 12.1 Å². The summed E-state index contributed by atoms with van der Waals surface area (Å²) in [7, 11) is -1.20. The molecule has 1 aromatic carbocycles. The number of nitrogens with zero attached hydrogens (tertiary/aromatic N) is 5. The molecular formula is C28H34N6O2Si. The maximum atomic E-state index is 13.1. The molecule has 1 atom stereocenters. The van der Waals surface area contributed by atoms with Gasteiger partial charge in [0, 0.05) is 32.1 Å². The average Bonchev–Trinajstić information content (AvgIpc) is 3.22. The molecule has 9 heteroatoms. The van der Waals surface area contributed by atoms with Crippen LogP contribution in [0.1, 0.15) is 29.9 Å². The van der Waals surface area contributed by atoms with Gasteiger partial charge in [-0.15, -0.1) is 0 Å². The molecule has 37 heavy (non-hydrogen) atoms. The number of pyridine rings is 2. The van der Waals surface area contributed by atoms with Crippen molar-refractivity contribution in [2.24, 2.45) is 0 Å². The Hall–Kier alpha value is -3.56. The Balaban J connectivity index is 1.52. The minimum atomic E-state index is -1.20. The Labute approximate surface area is 218 Å². The number of hydrogen-bond donors (Lipinski definition) is 1. The molecule has 0 spiro atoms. The first-order valence-corrected chi connectivity index (χ1v) is 16.4. The molecule has 0 saturated carbocycles. The molecule has 1 unspecified atom stereocenters. The van der Waals surface area contributed by atoms with Gasteiger partial charge in [-0.05, 0) is 43.7 Å². The highest BCUT2D eigenvalue weighted by Gasteiger charge is 2.30. The largest absolute Gasteiger partial charge is 0.360 e. The molecule has 8 nitrogen and oxygen atoms in total. The van der Waals surface area contributed by atoms with Gasteiger partial charge in [-0.1, -0.05) is 50.0 Å². The number of aryl methyl sites for hydroxylation is 1. The fraction of sp³-hybridized carbons (Fsp3) is 0.357. The molecule has 1 N–H and O–H groups in total. The zero-order valence-electron chi connectivity index (χ0n) is 22.2. The summed E-state index contributed by atoms with van der Waals surface area (Å²) in [5.41, 5.74) is 6.91. The van der Waals surface area contributed by atoms with Crippen molar-refractivity contribution in [3.63, 3.8) is 0 Å². The monoisotopic (exact) mass is 514 g/mol. The van der Waals surface area contributed by atoms with E-state index < -0.39 is 8.07 Å². The summed E-state index contributed by atoms with van der Waals surface area (Å²) in [4.78, 5) is 24.3. The number of nitrogens with one attached hydrogen (secondary N) is 1. The van der Waals surface area contributed by atoms with Crippen LogP contribution in [0.15, 0.2) is 54.7 Å². The summed E-state index contributed by atoms with van der Waals surface area (Å²) < 4.78 is 7.89. The predicted octanol–water partition coefficient (Wildman–Crippen LogP) is 6.22. The number of urea groups is 1. The van der Waals surface area contributed by atoms with Crippen LogP contribution in [0.4, 0.5) is 10.5 Å². The zero-order valence-corrected chi connectivity index (χ0v) is 23.2. The van der Waals surface area contributed by atoms with E-state index in [2.05, 4.69) is 29.9 Å². The third kappa shape index (κ3) is 5.42. The number of benzene rings is 1. The number of ether oxygens (including phenoxy) is 1. The van der Waals surface area contributed by atoms with E-state index in [1.54, 1.807) is 6.20 Å². The minimum absolute atomic E-state index is 0.0864. The van der Waals surface area contributed by atoms with Crippen LogP contribution in [-0.4, -0.2) is 45.4 Å². The second kappa shape index (κ2) is 10.1. The van der Waals surface area contributed by atoms with Crippen molar-refractivity contribution in [1.29, 1.82) is 0 Å². The average molecular weight is 515 g/mol. The first kappa shape index (κ1) is 25.1. The van der Waals surface area contributed by atoms with E-state index in [1.165, 1.54) is 0 Å². The van der Waals surface area contributed by atoms with Gasteiger partial charge >= 0.3 is 6.03 Å². The Morgan fingerprint density at radius 1 is 1.14 bits per heavy atom. The summed E-state index contributed by atoms with van der Waals surface area (Å²) >= 11 is 0. The lowest BCUT2D eigenvalue weighted by atomic mass is 10.1. The third-order valence-electron chi connectivity index (χ3n) is 6.76. The summed E-state index contributed by atoms with van der Waals surface area (Å²) in [6.07, 6.45) is 1.79. The normalized spacial score (nSPS) is 14.5. The fourth-order valence-corrected chi connectivity index (χ4v) is 5.28. The topological polar surface area (TPSA) is 85.2 Å². The minimum Gasteiger partial charge on any atom is -0.360 e. The van der Waals surface area contributed by atoms with Crippen molar-refractivity contribution in [1.82, 2.24) is 24.6 Å². The highest BCUT2D eigenvalue weighted by molar-refractivity contribution is 6.76. The Morgan fingerprint density at radius 3 is 2.65 bits per heavy atom. The lowest BCUT2D eigenvalue weighted by Gasteiger charge is -2.33. The smallest absolute Gasteiger partial charge is 0.322 e. The van der Waals surface area contributed by atoms with E-state index >= 15 is 0 Å². The summed E-state index contributed by atoms with van der Waals surface area (Å²) in [5.74, 6) is 0. The van der Waals surface area contributed by atoms with Crippen molar-refractivity contribution in [2.75, 3.05) is 11.9 Å². The van der Waals surface area contributed by atoms with E-state index in [0.29, 0.717) is 19.9 Å². The van der Waals surface area contributed by atoms with Crippen molar-refractivity contribution in [3.05, 3.63) is 71.7 Å². The molecule has 0 radical (unpaired) electrons. The number of amides is 2. The molecular weight excluding hydrogens is 480 g/mol. The van der Waals surface area contributed by atoms with E-state index in [0.717, 1.165) is 51.0 Å². The SMILES string of the molecule is Cc1cc(-c2nn(COCC[Si](C)(C)C)c3cc4c(nc23)CN(C(C)c2ccccc2)C(=O)N4)ccn1. The van der Waals surface area contributed by atoms with Crippen molar-refractivity contribution in [2.45, 2.75) is 58.9 Å². The van der Waals surface area contributed by atoms with Gasteiger partial charge in [0.15, 0.2) is 0 Å². The van der Waals surface area contributed by atoms with Gasteiger partial charge in [-0.25, -0.2) is 14.5 Å². The molecule has 0 aliphatic carbocycles. The second-order valence-electron chi connectivity index (χ2n) is 10.9. The molecule has 1 aliphatic heterocycles. The lowest BCUT2D eigenvalue weighted by Crippen LogP contribution is -2.40. The molecule has 5 rings (SSSR count). The third-order valence-corrected chi connectivity index (χ3v) is 8.46. The maximum Gasteiger partial charge on any atom is 0.322 e. The molecule has 0 saturated heterocycles. The van der Waals surface area contributed by atoms with E-state index in [9.17, 15) is 4.79 Å². The number of aromatic nitrogens is 4. The van der Waals surface area contributed by atoms with Crippen LogP contribution in [0.3, 0.4) is 0 Å². The predicted molar refractivity (Wildman–Crippen MR) is 149 cm³/mol. The van der Waals surface area contributed by atoms with Crippen molar-refractivity contribution < 1.29 is 9.53 Å². The first-order chi connectivity index (χ1) is 17.7. The van der Waals surface area contributed by atoms with Crippen LogP contribution in [0.2, 0.25) is 25.7 Å². The quantitative estimate of drug-likeness (QED) is 0.223.